The van der Waals surface area contributed by atoms with Crippen molar-refractivity contribution in [2.45, 2.75) is 25.9 Å². The molecule has 1 saturated heterocycles. The summed E-state index contributed by atoms with van der Waals surface area (Å²) in [6.45, 7) is 4.77. The van der Waals surface area contributed by atoms with E-state index in [0.717, 1.165) is 25.1 Å². The normalized spacial score (nSPS) is 23.4. The first kappa shape index (κ1) is 14.5. The van der Waals surface area contributed by atoms with Crippen LogP contribution in [-0.4, -0.2) is 34.2 Å². The van der Waals surface area contributed by atoms with Crippen molar-refractivity contribution in [1.82, 2.24) is 15.0 Å². The molecule has 0 amide bonds. The van der Waals surface area contributed by atoms with Crippen molar-refractivity contribution in [2.24, 2.45) is 11.7 Å². The van der Waals surface area contributed by atoms with Gasteiger partial charge in [-0.05, 0) is 24.5 Å². The van der Waals surface area contributed by atoms with Crippen molar-refractivity contribution in [1.29, 1.82) is 0 Å². The lowest BCUT2D eigenvalue weighted by Gasteiger charge is -2.34. The highest BCUT2D eigenvalue weighted by Gasteiger charge is 2.24. The third-order valence-electron chi connectivity index (χ3n) is 4.00. The van der Waals surface area contributed by atoms with Gasteiger partial charge in [-0.3, -0.25) is 4.90 Å². The van der Waals surface area contributed by atoms with Gasteiger partial charge in [-0.2, -0.15) is 4.98 Å². The SMILES string of the molecule is CC1CN(Cc2nc(-c3ccccc3Cl)no2)CCC1N. The predicted molar refractivity (Wildman–Crippen MR) is 81.8 cm³/mol. The zero-order valence-corrected chi connectivity index (χ0v) is 12.8. The summed E-state index contributed by atoms with van der Waals surface area (Å²) in [5.74, 6) is 1.65. The smallest absolute Gasteiger partial charge is 0.241 e. The molecule has 5 nitrogen and oxygen atoms in total. The minimum atomic E-state index is 0.294. The molecule has 1 aromatic heterocycles. The van der Waals surface area contributed by atoms with Gasteiger partial charge in [-0.25, -0.2) is 0 Å². The highest BCUT2D eigenvalue weighted by Crippen LogP contribution is 2.25. The van der Waals surface area contributed by atoms with Crippen LogP contribution in [0.25, 0.3) is 11.4 Å². The number of hydrogen-bond acceptors (Lipinski definition) is 5. The van der Waals surface area contributed by atoms with Crippen LogP contribution in [0.2, 0.25) is 5.02 Å². The van der Waals surface area contributed by atoms with Crippen LogP contribution in [0.1, 0.15) is 19.2 Å². The maximum atomic E-state index is 6.15. The topological polar surface area (TPSA) is 68.2 Å². The minimum Gasteiger partial charge on any atom is -0.338 e. The third-order valence-corrected chi connectivity index (χ3v) is 4.33. The molecule has 1 aliphatic heterocycles. The Morgan fingerprint density at radius 3 is 3.00 bits per heavy atom. The Labute approximate surface area is 129 Å². The van der Waals surface area contributed by atoms with Crippen LogP contribution in [0, 0.1) is 5.92 Å². The van der Waals surface area contributed by atoms with Gasteiger partial charge < -0.3 is 10.3 Å². The molecule has 2 heterocycles. The first-order chi connectivity index (χ1) is 10.1. The molecule has 0 aliphatic carbocycles. The van der Waals surface area contributed by atoms with Crippen molar-refractivity contribution in [3.05, 3.63) is 35.2 Å². The van der Waals surface area contributed by atoms with Crippen LogP contribution >= 0.6 is 11.6 Å². The fourth-order valence-electron chi connectivity index (χ4n) is 2.66. The zero-order valence-electron chi connectivity index (χ0n) is 12.0. The Bertz CT molecular complexity index is 615. The van der Waals surface area contributed by atoms with Gasteiger partial charge in [0, 0.05) is 24.7 Å². The minimum absolute atomic E-state index is 0.294. The summed E-state index contributed by atoms with van der Waals surface area (Å²) in [7, 11) is 0. The van der Waals surface area contributed by atoms with E-state index in [2.05, 4.69) is 22.0 Å². The molecule has 112 valence electrons. The molecule has 2 N–H and O–H groups in total. The summed E-state index contributed by atoms with van der Waals surface area (Å²) in [6.07, 6.45) is 1.01. The van der Waals surface area contributed by atoms with Gasteiger partial charge in [-0.15, -0.1) is 0 Å². The Kier molecular flexibility index (Phi) is 4.24. The van der Waals surface area contributed by atoms with Crippen molar-refractivity contribution in [3.8, 4) is 11.4 Å². The monoisotopic (exact) mass is 306 g/mol. The van der Waals surface area contributed by atoms with Crippen LogP contribution in [-0.2, 0) is 6.54 Å². The van der Waals surface area contributed by atoms with E-state index in [9.17, 15) is 0 Å². The highest BCUT2D eigenvalue weighted by molar-refractivity contribution is 6.33. The van der Waals surface area contributed by atoms with Crippen LogP contribution in [0.15, 0.2) is 28.8 Å². The Hall–Kier alpha value is -1.43. The summed E-state index contributed by atoms with van der Waals surface area (Å²) < 4.78 is 5.35. The van der Waals surface area contributed by atoms with Gasteiger partial charge in [0.05, 0.1) is 11.6 Å². The van der Waals surface area contributed by atoms with E-state index in [-0.39, 0.29) is 0 Å². The molecule has 0 radical (unpaired) electrons. The number of aromatic nitrogens is 2. The molecule has 3 rings (SSSR count). The molecule has 0 bridgehead atoms. The second kappa shape index (κ2) is 6.13. The lowest BCUT2D eigenvalue weighted by atomic mass is 9.95. The summed E-state index contributed by atoms with van der Waals surface area (Å²) in [6, 6.07) is 7.79. The van der Waals surface area contributed by atoms with E-state index in [1.165, 1.54) is 0 Å². The van der Waals surface area contributed by atoms with Crippen LogP contribution in [0.5, 0.6) is 0 Å². The number of halogens is 1. The van der Waals surface area contributed by atoms with Crippen LogP contribution in [0.3, 0.4) is 0 Å². The molecule has 2 atom stereocenters. The number of nitrogens with zero attached hydrogens (tertiary/aromatic N) is 3. The number of rotatable bonds is 3. The second-order valence-corrected chi connectivity index (χ2v) is 6.06. The standard InChI is InChI=1S/C15H19ClN4O/c1-10-8-20(7-6-13(10)17)9-14-18-15(19-21-14)11-4-2-3-5-12(11)16/h2-5,10,13H,6-9,17H2,1H3. The lowest BCUT2D eigenvalue weighted by molar-refractivity contribution is 0.142. The molecule has 2 aromatic rings. The summed E-state index contributed by atoms with van der Waals surface area (Å²) in [5.41, 5.74) is 6.83. The van der Waals surface area contributed by atoms with Gasteiger partial charge in [0.15, 0.2) is 0 Å². The van der Waals surface area contributed by atoms with E-state index in [0.29, 0.717) is 35.2 Å². The predicted octanol–water partition coefficient (Wildman–Crippen LogP) is 2.56. The van der Waals surface area contributed by atoms with E-state index >= 15 is 0 Å². The number of nitrogens with two attached hydrogens (primary N) is 1. The quantitative estimate of drug-likeness (QED) is 0.944. The van der Waals surface area contributed by atoms with E-state index in [1.54, 1.807) is 0 Å². The maximum Gasteiger partial charge on any atom is 0.241 e. The average molecular weight is 307 g/mol. The van der Waals surface area contributed by atoms with Crippen molar-refractivity contribution < 1.29 is 4.52 Å². The maximum absolute atomic E-state index is 6.15. The van der Waals surface area contributed by atoms with Crippen molar-refractivity contribution >= 4 is 11.6 Å². The molecule has 1 aliphatic rings. The first-order valence-electron chi connectivity index (χ1n) is 7.19. The highest BCUT2D eigenvalue weighted by atomic mass is 35.5. The molecule has 1 fully saturated rings. The van der Waals surface area contributed by atoms with Crippen LogP contribution < -0.4 is 5.73 Å². The van der Waals surface area contributed by atoms with Crippen molar-refractivity contribution in [2.75, 3.05) is 13.1 Å². The molecule has 0 saturated carbocycles. The molecule has 1 aromatic carbocycles. The van der Waals surface area contributed by atoms with Gasteiger partial charge in [0.25, 0.3) is 0 Å². The average Bonchev–Trinajstić information content (AvgIpc) is 2.92. The first-order valence-corrected chi connectivity index (χ1v) is 7.56. The van der Waals surface area contributed by atoms with Gasteiger partial charge in [0.2, 0.25) is 11.7 Å². The van der Waals surface area contributed by atoms with Crippen LogP contribution in [0.4, 0.5) is 0 Å². The molecule has 21 heavy (non-hydrogen) atoms. The Morgan fingerprint density at radius 2 is 2.24 bits per heavy atom. The molecular formula is C15H19ClN4O. The Morgan fingerprint density at radius 1 is 1.43 bits per heavy atom. The van der Waals surface area contributed by atoms with E-state index in [1.807, 2.05) is 24.3 Å². The molecule has 6 heteroatoms. The lowest BCUT2D eigenvalue weighted by Crippen LogP contribution is -2.45. The molecule has 2 unspecified atom stereocenters. The number of benzene rings is 1. The largest absolute Gasteiger partial charge is 0.338 e. The number of piperidine rings is 1. The van der Waals surface area contributed by atoms with Crippen molar-refractivity contribution in [3.63, 3.8) is 0 Å². The summed E-state index contributed by atoms with van der Waals surface area (Å²) in [5, 5.41) is 4.65. The molecule has 0 spiro atoms. The summed E-state index contributed by atoms with van der Waals surface area (Å²) >= 11 is 6.15. The van der Waals surface area contributed by atoms with Gasteiger partial charge in [0.1, 0.15) is 0 Å². The summed E-state index contributed by atoms with van der Waals surface area (Å²) in [4.78, 5) is 6.75. The zero-order chi connectivity index (χ0) is 14.8. The number of likely N-dealkylation sites (tertiary alicyclic amines) is 1. The third kappa shape index (κ3) is 3.26. The van der Waals surface area contributed by atoms with E-state index in [4.69, 9.17) is 21.9 Å². The number of hydrogen-bond donors (Lipinski definition) is 1. The van der Waals surface area contributed by atoms with Gasteiger partial charge >= 0.3 is 0 Å². The Balaban J connectivity index is 1.70. The fourth-order valence-corrected chi connectivity index (χ4v) is 2.88. The fraction of sp³-hybridized carbons (Fsp3) is 0.467. The second-order valence-electron chi connectivity index (χ2n) is 5.66. The van der Waals surface area contributed by atoms with Gasteiger partial charge in [-0.1, -0.05) is 35.8 Å². The molecular weight excluding hydrogens is 288 g/mol. The van der Waals surface area contributed by atoms with E-state index < -0.39 is 0 Å².